The van der Waals surface area contributed by atoms with Gasteiger partial charge >= 0.3 is 0 Å². The van der Waals surface area contributed by atoms with Crippen LogP contribution in [0.3, 0.4) is 0 Å². The molecule has 1 N–H and O–H groups in total. The Morgan fingerprint density at radius 1 is 1.00 bits per heavy atom. The number of halogens is 2. The van der Waals surface area contributed by atoms with Crippen LogP contribution in [0.4, 0.5) is 0 Å². The second-order valence-electron chi connectivity index (χ2n) is 4.28. The van der Waals surface area contributed by atoms with Crippen LogP contribution < -0.4 is 5.32 Å². The van der Waals surface area contributed by atoms with Gasteiger partial charge in [-0.15, -0.1) is 0 Å². The molecule has 0 aliphatic rings. The molecule has 2 aromatic rings. The average molecular weight is 280 g/mol. The first kappa shape index (κ1) is 13.4. The number of rotatable bonds is 4. The van der Waals surface area contributed by atoms with E-state index in [9.17, 15) is 0 Å². The Morgan fingerprint density at radius 3 is 2.39 bits per heavy atom. The molecule has 3 heteroatoms. The third kappa shape index (κ3) is 3.74. The van der Waals surface area contributed by atoms with Gasteiger partial charge in [-0.3, -0.25) is 0 Å². The third-order valence-corrected chi connectivity index (χ3v) is 3.36. The van der Waals surface area contributed by atoms with Gasteiger partial charge in [-0.05, 0) is 42.3 Å². The Kier molecular flexibility index (Phi) is 4.65. The van der Waals surface area contributed by atoms with Gasteiger partial charge in [0.2, 0.25) is 0 Å². The summed E-state index contributed by atoms with van der Waals surface area (Å²) in [7, 11) is 0. The fourth-order valence-corrected chi connectivity index (χ4v) is 2.13. The SMILES string of the molecule is C[C@@H](NCc1cccc(Cl)c1)c1ccc(Cl)cc1. The van der Waals surface area contributed by atoms with Crippen LogP contribution in [0, 0.1) is 0 Å². The first-order valence-corrected chi connectivity index (χ1v) is 6.64. The molecule has 0 heterocycles. The van der Waals surface area contributed by atoms with Crippen molar-refractivity contribution in [3.8, 4) is 0 Å². The summed E-state index contributed by atoms with van der Waals surface area (Å²) in [5, 5.41) is 5.00. The molecule has 0 unspecified atom stereocenters. The van der Waals surface area contributed by atoms with Gasteiger partial charge in [0.15, 0.2) is 0 Å². The van der Waals surface area contributed by atoms with Crippen molar-refractivity contribution in [3.05, 3.63) is 69.7 Å². The first-order chi connectivity index (χ1) is 8.65. The summed E-state index contributed by atoms with van der Waals surface area (Å²) in [4.78, 5) is 0. The molecule has 0 aliphatic heterocycles. The highest BCUT2D eigenvalue weighted by atomic mass is 35.5. The van der Waals surface area contributed by atoms with E-state index in [4.69, 9.17) is 23.2 Å². The largest absolute Gasteiger partial charge is 0.306 e. The van der Waals surface area contributed by atoms with Crippen molar-refractivity contribution < 1.29 is 0 Å². The highest BCUT2D eigenvalue weighted by Gasteiger charge is 2.04. The molecule has 0 radical (unpaired) electrons. The Balaban J connectivity index is 1.96. The number of nitrogens with one attached hydrogen (secondary N) is 1. The predicted molar refractivity (Wildman–Crippen MR) is 78.2 cm³/mol. The summed E-state index contributed by atoms with van der Waals surface area (Å²) < 4.78 is 0. The Morgan fingerprint density at radius 2 is 1.72 bits per heavy atom. The summed E-state index contributed by atoms with van der Waals surface area (Å²) in [6, 6.07) is 16.1. The normalized spacial score (nSPS) is 12.4. The van der Waals surface area contributed by atoms with Gasteiger partial charge in [-0.25, -0.2) is 0 Å². The van der Waals surface area contributed by atoms with E-state index in [1.165, 1.54) is 11.1 Å². The smallest absolute Gasteiger partial charge is 0.0409 e. The van der Waals surface area contributed by atoms with E-state index in [-0.39, 0.29) is 6.04 Å². The van der Waals surface area contributed by atoms with E-state index in [2.05, 4.69) is 18.3 Å². The highest BCUT2D eigenvalue weighted by Crippen LogP contribution is 2.17. The lowest BCUT2D eigenvalue weighted by molar-refractivity contribution is 0.575. The van der Waals surface area contributed by atoms with Crippen molar-refractivity contribution in [2.45, 2.75) is 19.5 Å². The second kappa shape index (κ2) is 6.24. The minimum atomic E-state index is 0.279. The van der Waals surface area contributed by atoms with Gasteiger partial charge in [-0.1, -0.05) is 47.5 Å². The van der Waals surface area contributed by atoms with Crippen LogP contribution >= 0.6 is 23.2 Å². The van der Waals surface area contributed by atoms with E-state index in [0.717, 1.165) is 16.6 Å². The summed E-state index contributed by atoms with van der Waals surface area (Å²) in [5.74, 6) is 0. The topological polar surface area (TPSA) is 12.0 Å². The third-order valence-electron chi connectivity index (χ3n) is 2.87. The van der Waals surface area contributed by atoms with E-state index < -0.39 is 0 Å². The van der Waals surface area contributed by atoms with Gasteiger partial charge in [0.1, 0.15) is 0 Å². The van der Waals surface area contributed by atoms with E-state index >= 15 is 0 Å². The molecule has 0 fully saturated rings. The van der Waals surface area contributed by atoms with Gasteiger partial charge in [0.05, 0.1) is 0 Å². The van der Waals surface area contributed by atoms with Crippen LogP contribution in [0.5, 0.6) is 0 Å². The number of hydrogen-bond donors (Lipinski definition) is 1. The first-order valence-electron chi connectivity index (χ1n) is 5.88. The van der Waals surface area contributed by atoms with Crippen LogP contribution in [0.25, 0.3) is 0 Å². The molecular weight excluding hydrogens is 265 g/mol. The molecule has 0 bridgehead atoms. The monoisotopic (exact) mass is 279 g/mol. The quantitative estimate of drug-likeness (QED) is 0.844. The molecule has 2 aromatic carbocycles. The number of benzene rings is 2. The van der Waals surface area contributed by atoms with Crippen molar-refractivity contribution in [3.63, 3.8) is 0 Å². The predicted octanol–water partition coefficient (Wildman–Crippen LogP) is 4.84. The molecule has 0 aliphatic carbocycles. The highest BCUT2D eigenvalue weighted by molar-refractivity contribution is 6.30. The summed E-state index contributed by atoms with van der Waals surface area (Å²) in [6.45, 7) is 2.93. The summed E-state index contributed by atoms with van der Waals surface area (Å²) >= 11 is 11.8. The van der Waals surface area contributed by atoms with Crippen molar-refractivity contribution in [1.29, 1.82) is 0 Å². The van der Waals surface area contributed by atoms with Crippen molar-refractivity contribution >= 4 is 23.2 Å². The van der Waals surface area contributed by atoms with Crippen molar-refractivity contribution in [2.75, 3.05) is 0 Å². The molecule has 18 heavy (non-hydrogen) atoms. The van der Waals surface area contributed by atoms with E-state index in [1.807, 2.05) is 42.5 Å². The minimum Gasteiger partial charge on any atom is -0.306 e. The van der Waals surface area contributed by atoms with Gasteiger partial charge in [0.25, 0.3) is 0 Å². The number of hydrogen-bond acceptors (Lipinski definition) is 1. The molecule has 94 valence electrons. The molecular formula is C15H15Cl2N. The average Bonchev–Trinajstić information content (AvgIpc) is 2.37. The van der Waals surface area contributed by atoms with Gasteiger partial charge in [0, 0.05) is 22.6 Å². The van der Waals surface area contributed by atoms with E-state index in [1.54, 1.807) is 0 Å². The molecule has 1 atom stereocenters. The summed E-state index contributed by atoms with van der Waals surface area (Å²) in [5.41, 5.74) is 2.41. The lowest BCUT2D eigenvalue weighted by Gasteiger charge is -2.14. The lowest BCUT2D eigenvalue weighted by Crippen LogP contribution is -2.17. The molecule has 0 saturated carbocycles. The maximum Gasteiger partial charge on any atom is 0.0409 e. The van der Waals surface area contributed by atoms with Crippen LogP contribution in [-0.2, 0) is 6.54 Å². The van der Waals surface area contributed by atoms with Gasteiger partial charge < -0.3 is 5.32 Å². The van der Waals surface area contributed by atoms with E-state index in [0.29, 0.717) is 0 Å². The maximum absolute atomic E-state index is 5.95. The van der Waals surface area contributed by atoms with Crippen LogP contribution in [0.15, 0.2) is 48.5 Å². The molecule has 0 spiro atoms. The zero-order valence-corrected chi connectivity index (χ0v) is 11.7. The lowest BCUT2D eigenvalue weighted by atomic mass is 10.1. The van der Waals surface area contributed by atoms with Crippen LogP contribution in [-0.4, -0.2) is 0 Å². The minimum absolute atomic E-state index is 0.279. The fraction of sp³-hybridized carbons (Fsp3) is 0.200. The van der Waals surface area contributed by atoms with Gasteiger partial charge in [-0.2, -0.15) is 0 Å². The van der Waals surface area contributed by atoms with Crippen molar-refractivity contribution in [1.82, 2.24) is 5.32 Å². The standard InChI is InChI=1S/C15H15Cl2N/c1-11(13-5-7-14(16)8-6-13)18-10-12-3-2-4-15(17)9-12/h2-9,11,18H,10H2,1H3/t11-/m1/s1. The molecule has 1 nitrogen and oxygen atoms in total. The molecule has 2 rings (SSSR count). The second-order valence-corrected chi connectivity index (χ2v) is 5.16. The van der Waals surface area contributed by atoms with Crippen LogP contribution in [0.1, 0.15) is 24.1 Å². The summed E-state index contributed by atoms with van der Waals surface area (Å²) in [6.07, 6.45) is 0. The zero-order valence-electron chi connectivity index (χ0n) is 10.2. The fourth-order valence-electron chi connectivity index (χ4n) is 1.79. The molecule has 0 saturated heterocycles. The Bertz CT molecular complexity index is 508. The zero-order chi connectivity index (χ0) is 13.0. The van der Waals surface area contributed by atoms with Crippen LogP contribution in [0.2, 0.25) is 10.0 Å². The maximum atomic E-state index is 5.95. The Hall–Kier alpha value is -1.02. The molecule has 0 amide bonds. The van der Waals surface area contributed by atoms with Crippen molar-refractivity contribution in [2.24, 2.45) is 0 Å². The Labute approximate surface area is 118 Å². The molecule has 0 aromatic heterocycles.